The van der Waals surface area contributed by atoms with Crippen LogP contribution in [0.4, 0.5) is 0 Å². The van der Waals surface area contributed by atoms with Gasteiger partial charge in [0.05, 0.1) is 29.2 Å². The lowest BCUT2D eigenvalue weighted by atomic mass is 10.1. The summed E-state index contributed by atoms with van der Waals surface area (Å²) in [4.78, 5) is 15.1. The molecule has 1 aliphatic rings. The molecule has 0 radical (unpaired) electrons. The second-order valence-electron chi connectivity index (χ2n) is 7.68. The number of carbonyl (C=O) groups excluding carboxylic acids is 1. The highest BCUT2D eigenvalue weighted by molar-refractivity contribution is 6.31. The number of likely N-dealkylation sites (N-methyl/N-ethyl adjacent to an activating group) is 1. The van der Waals surface area contributed by atoms with Crippen molar-refractivity contribution in [2.24, 2.45) is 0 Å². The first-order chi connectivity index (χ1) is 14.1. The topological polar surface area (TPSA) is 50.2 Å². The number of para-hydroxylation sites is 1. The molecule has 6 heteroatoms. The minimum Gasteiger partial charge on any atom is -0.350 e. The van der Waals surface area contributed by atoms with Crippen LogP contribution in [0.2, 0.25) is 5.02 Å². The van der Waals surface area contributed by atoms with Crippen molar-refractivity contribution in [3.63, 3.8) is 0 Å². The number of nitrogens with one attached hydrogen (secondary N) is 1. The van der Waals surface area contributed by atoms with Gasteiger partial charge in [0.1, 0.15) is 0 Å². The first-order valence-electron chi connectivity index (χ1n) is 9.88. The van der Waals surface area contributed by atoms with E-state index in [1.807, 2.05) is 73.4 Å². The molecule has 3 aromatic rings. The molecule has 1 N–H and O–H groups in total. The van der Waals surface area contributed by atoms with Crippen LogP contribution in [0, 0.1) is 0 Å². The van der Waals surface area contributed by atoms with E-state index in [4.69, 9.17) is 11.6 Å². The Morgan fingerprint density at radius 2 is 1.86 bits per heavy atom. The fraction of sp³-hybridized carbons (Fsp3) is 0.304. The lowest BCUT2D eigenvalue weighted by Crippen LogP contribution is -2.35. The van der Waals surface area contributed by atoms with E-state index in [1.165, 1.54) is 0 Å². The Morgan fingerprint density at radius 3 is 2.52 bits per heavy atom. The number of benzene rings is 2. The summed E-state index contributed by atoms with van der Waals surface area (Å²) in [5.74, 6) is 0.305. The molecule has 1 atom stereocenters. The van der Waals surface area contributed by atoms with E-state index in [0.717, 1.165) is 29.8 Å². The van der Waals surface area contributed by atoms with Gasteiger partial charge in [-0.15, -0.1) is 0 Å². The lowest BCUT2D eigenvalue weighted by molar-refractivity contribution is 0.0941. The molecular formula is C23H25ClN4O. The van der Waals surface area contributed by atoms with Crippen LogP contribution in [0.3, 0.4) is 0 Å². The number of halogens is 1. The van der Waals surface area contributed by atoms with Crippen LogP contribution in [-0.2, 0) is 0 Å². The van der Waals surface area contributed by atoms with Gasteiger partial charge in [-0.2, -0.15) is 5.10 Å². The molecule has 0 saturated heterocycles. The van der Waals surface area contributed by atoms with Gasteiger partial charge >= 0.3 is 0 Å². The smallest absolute Gasteiger partial charge is 0.254 e. The van der Waals surface area contributed by atoms with Crippen molar-refractivity contribution in [2.75, 3.05) is 20.6 Å². The summed E-state index contributed by atoms with van der Waals surface area (Å²) in [5, 5.41) is 8.33. The molecule has 5 nitrogen and oxygen atoms in total. The Labute approximate surface area is 176 Å². The molecular weight excluding hydrogens is 384 g/mol. The van der Waals surface area contributed by atoms with E-state index in [1.54, 1.807) is 6.20 Å². The highest BCUT2D eigenvalue weighted by atomic mass is 35.5. The van der Waals surface area contributed by atoms with Crippen LogP contribution in [0.15, 0.2) is 60.8 Å². The Kier molecular flexibility index (Phi) is 5.69. The third-order valence-corrected chi connectivity index (χ3v) is 5.70. The first kappa shape index (κ1) is 19.7. The standard InChI is InChI=1S/C23H25ClN4O/c1-27(2)21(18-10-6-7-11-20(18)24)15-25-23(29)19-14-26-28(22(19)16-12-13-16)17-8-4-3-5-9-17/h3-11,14,16,21H,12-13,15H2,1-2H3,(H,25,29)/t21-/m0/s1. The molecule has 2 aromatic carbocycles. The summed E-state index contributed by atoms with van der Waals surface area (Å²) in [5.41, 5.74) is 3.65. The number of nitrogens with zero attached hydrogens (tertiary/aromatic N) is 3. The average Bonchev–Trinajstić information content (AvgIpc) is 3.47. The maximum Gasteiger partial charge on any atom is 0.254 e. The minimum atomic E-state index is -0.0898. The molecule has 29 heavy (non-hydrogen) atoms. The Hall–Kier alpha value is -2.63. The van der Waals surface area contributed by atoms with E-state index in [-0.39, 0.29) is 11.9 Å². The number of carbonyl (C=O) groups is 1. The van der Waals surface area contributed by atoms with Crippen LogP contribution in [0.5, 0.6) is 0 Å². The van der Waals surface area contributed by atoms with Gasteiger partial charge in [0, 0.05) is 17.5 Å². The van der Waals surface area contributed by atoms with Crippen LogP contribution >= 0.6 is 11.6 Å². The summed E-state index contributed by atoms with van der Waals surface area (Å²) in [6, 6.07) is 17.7. The Bertz CT molecular complexity index is 995. The molecule has 1 aromatic heterocycles. The van der Waals surface area contributed by atoms with Gasteiger partial charge in [-0.1, -0.05) is 48.0 Å². The van der Waals surface area contributed by atoms with Crippen molar-refractivity contribution in [3.8, 4) is 5.69 Å². The lowest BCUT2D eigenvalue weighted by Gasteiger charge is -2.26. The second kappa shape index (κ2) is 8.39. The zero-order valence-electron chi connectivity index (χ0n) is 16.7. The highest BCUT2D eigenvalue weighted by Crippen LogP contribution is 2.42. The molecule has 0 spiro atoms. The average molecular weight is 409 g/mol. The summed E-state index contributed by atoms with van der Waals surface area (Å²) >= 11 is 6.39. The predicted octanol–water partition coefficient (Wildman–Crippen LogP) is 4.44. The van der Waals surface area contributed by atoms with E-state index >= 15 is 0 Å². The zero-order chi connectivity index (χ0) is 20.4. The normalized spacial score (nSPS) is 14.8. The van der Waals surface area contributed by atoms with E-state index in [9.17, 15) is 4.79 Å². The van der Waals surface area contributed by atoms with Crippen LogP contribution in [-0.4, -0.2) is 41.2 Å². The maximum absolute atomic E-state index is 13.1. The van der Waals surface area contributed by atoms with Crippen LogP contribution in [0.25, 0.3) is 5.69 Å². The summed E-state index contributed by atoms with van der Waals surface area (Å²) in [7, 11) is 3.98. The molecule has 0 unspecified atom stereocenters. The SMILES string of the molecule is CN(C)[C@@H](CNC(=O)c1cnn(-c2ccccc2)c1C1CC1)c1ccccc1Cl. The van der Waals surface area contributed by atoms with Gasteiger partial charge in [-0.3, -0.25) is 4.79 Å². The van der Waals surface area contributed by atoms with Crippen molar-refractivity contribution in [2.45, 2.75) is 24.8 Å². The first-order valence-corrected chi connectivity index (χ1v) is 10.3. The summed E-state index contributed by atoms with van der Waals surface area (Å²) in [6.45, 7) is 0.468. The number of rotatable bonds is 7. The van der Waals surface area contributed by atoms with Gasteiger partial charge in [0.2, 0.25) is 0 Å². The minimum absolute atomic E-state index is 0.0128. The molecule has 1 amide bonds. The van der Waals surface area contributed by atoms with Gasteiger partial charge < -0.3 is 10.2 Å². The number of hydrogen-bond acceptors (Lipinski definition) is 3. The summed E-state index contributed by atoms with van der Waals surface area (Å²) in [6.07, 6.45) is 3.88. The third-order valence-electron chi connectivity index (χ3n) is 5.36. The Balaban J connectivity index is 1.56. The van der Waals surface area contributed by atoms with Crippen molar-refractivity contribution in [1.29, 1.82) is 0 Å². The number of hydrogen-bond donors (Lipinski definition) is 1. The van der Waals surface area contributed by atoms with Gasteiger partial charge in [-0.25, -0.2) is 4.68 Å². The van der Waals surface area contributed by atoms with Crippen molar-refractivity contribution in [1.82, 2.24) is 20.0 Å². The van der Waals surface area contributed by atoms with Crippen LogP contribution in [0.1, 0.15) is 46.4 Å². The van der Waals surface area contributed by atoms with E-state index in [2.05, 4.69) is 15.3 Å². The van der Waals surface area contributed by atoms with Gasteiger partial charge in [0.15, 0.2) is 0 Å². The number of amides is 1. The zero-order valence-corrected chi connectivity index (χ0v) is 17.4. The van der Waals surface area contributed by atoms with Gasteiger partial charge in [-0.05, 0) is 50.7 Å². The van der Waals surface area contributed by atoms with Gasteiger partial charge in [0.25, 0.3) is 5.91 Å². The largest absolute Gasteiger partial charge is 0.350 e. The van der Waals surface area contributed by atoms with E-state index in [0.29, 0.717) is 23.0 Å². The molecule has 150 valence electrons. The molecule has 1 heterocycles. The van der Waals surface area contributed by atoms with Crippen LogP contribution < -0.4 is 5.32 Å². The maximum atomic E-state index is 13.1. The summed E-state index contributed by atoms with van der Waals surface area (Å²) < 4.78 is 1.91. The van der Waals surface area contributed by atoms with E-state index < -0.39 is 0 Å². The van der Waals surface area contributed by atoms with Crippen molar-refractivity contribution < 1.29 is 4.79 Å². The van der Waals surface area contributed by atoms with Crippen molar-refractivity contribution >= 4 is 17.5 Å². The molecule has 0 bridgehead atoms. The molecule has 1 aliphatic carbocycles. The Morgan fingerprint density at radius 1 is 1.17 bits per heavy atom. The molecule has 1 fully saturated rings. The fourth-order valence-corrected chi connectivity index (χ4v) is 3.92. The monoisotopic (exact) mass is 408 g/mol. The number of aromatic nitrogens is 2. The molecule has 0 aliphatic heterocycles. The fourth-order valence-electron chi connectivity index (χ4n) is 3.66. The quantitative estimate of drug-likeness (QED) is 0.629. The second-order valence-corrected chi connectivity index (χ2v) is 8.08. The van der Waals surface area contributed by atoms with Crippen molar-refractivity contribution in [3.05, 3.63) is 82.6 Å². The molecule has 1 saturated carbocycles. The predicted molar refractivity (Wildman–Crippen MR) is 116 cm³/mol. The highest BCUT2D eigenvalue weighted by Gasteiger charge is 2.33. The third kappa shape index (κ3) is 4.21. The molecule has 4 rings (SSSR count).